The van der Waals surface area contributed by atoms with Crippen molar-refractivity contribution < 1.29 is 9.18 Å². The lowest BCUT2D eigenvalue weighted by atomic mass is 10.2. The van der Waals surface area contributed by atoms with E-state index in [0.29, 0.717) is 13.1 Å². The van der Waals surface area contributed by atoms with E-state index in [2.05, 4.69) is 0 Å². The third-order valence-electron chi connectivity index (χ3n) is 2.63. The SMILES string of the molecule is CN1CCN(c2cccc(F)c2)CC1=O. The number of likely N-dealkylation sites (N-methyl/N-ethyl adjacent to an activating group) is 1. The fourth-order valence-electron chi connectivity index (χ4n) is 1.65. The molecule has 0 atom stereocenters. The van der Waals surface area contributed by atoms with Crippen LogP contribution >= 0.6 is 0 Å². The van der Waals surface area contributed by atoms with Gasteiger partial charge in [0.25, 0.3) is 0 Å². The Morgan fingerprint density at radius 1 is 1.33 bits per heavy atom. The Kier molecular flexibility index (Phi) is 2.58. The zero-order valence-electron chi connectivity index (χ0n) is 8.61. The predicted octanol–water partition coefficient (Wildman–Crippen LogP) is 1.10. The number of amides is 1. The number of carbonyl (C=O) groups is 1. The van der Waals surface area contributed by atoms with E-state index in [1.54, 1.807) is 18.0 Å². The first-order valence-corrected chi connectivity index (χ1v) is 4.91. The maximum Gasteiger partial charge on any atom is 0.241 e. The number of hydrogen-bond acceptors (Lipinski definition) is 2. The van der Waals surface area contributed by atoms with Crippen LogP contribution in [0.4, 0.5) is 10.1 Å². The van der Waals surface area contributed by atoms with Crippen LogP contribution in [0.1, 0.15) is 0 Å². The van der Waals surface area contributed by atoms with E-state index >= 15 is 0 Å². The largest absolute Gasteiger partial charge is 0.360 e. The van der Waals surface area contributed by atoms with E-state index in [1.807, 2.05) is 11.0 Å². The highest BCUT2D eigenvalue weighted by Crippen LogP contribution is 2.17. The van der Waals surface area contributed by atoms with Gasteiger partial charge >= 0.3 is 0 Å². The Balaban J connectivity index is 2.15. The number of benzene rings is 1. The van der Waals surface area contributed by atoms with Gasteiger partial charge in [0.1, 0.15) is 5.82 Å². The highest BCUT2D eigenvalue weighted by molar-refractivity contribution is 5.82. The first-order valence-electron chi connectivity index (χ1n) is 4.91. The van der Waals surface area contributed by atoms with Crippen LogP contribution in [-0.2, 0) is 4.79 Å². The van der Waals surface area contributed by atoms with Crippen molar-refractivity contribution in [3.63, 3.8) is 0 Å². The summed E-state index contributed by atoms with van der Waals surface area (Å²) in [5, 5.41) is 0. The van der Waals surface area contributed by atoms with Crippen molar-refractivity contribution in [2.24, 2.45) is 0 Å². The molecule has 0 aliphatic carbocycles. The highest BCUT2D eigenvalue weighted by Gasteiger charge is 2.20. The maximum absolute atomic E-state index is 13.0. The van der Waals surface area contributed by atoms with Gasteiger partial charge in [0.05, 0.1) is 6.54 Å². The summed E-state index contributed by atoms with van der Waals surface area (Å²) in [6.45, 7) is 1.78. The lowest BCUT2D eigenvalue weighted by Gasteiger charge is -2.33. The summed E-state index contributed by atoms with van der Waals surface area (Å²) in [5.74, 6) is -0.190. The number of hydrogen-bond donors (Lipinski definition) is 0. The van der Waals surface area contributed by atoms with Crippen molar-refractivity contribution in [2.45, 2.75) is 0 Å². The molecule has 15 heavy (non-hydrogen) atoms. The minimum absolute atomic E-state index is 0.0745. The zero-order chi connectivity index (χ0) is 10.8. The maximum atomic E-state index is 13.0. The summed E-state index contributed by atoms with van der Waals surface area (Å²) in [7, 11) is 1.78. The standard InChI is InChI=1S/C11H13FN2O/c1-13-5-6-14(8-11(13)15)10-4-2-3-9(12)7-10/h2-4,7H,5-6,8H2,1H3. The molecule has 0 N–H and O–H groups in total. The van der Waals surface area contributed by atoms with Crippen LogP contribution in [-0.4, -0.2) is 37.5 Å². The van der Waals surface area contributed by atoms with Gasteiger partial charge in [0.2, 0.25) is 5.91 Å². The second-order valence-electron chi connectivity index (χ2n) is 3.72. The fourth-order valence-corrected chi connectivity index (χ4v) is 1.65. The summed E-state index contributed by atoms with van der Waals surface area (Å²) in [6, 6.07) is 6.34. The van der Waals surface area contributed by atoms with Gasteiger partial charge in [-0.1, -0.05) is 6.07 Å². The lowest BCUT2D eigenvalue weighted by molar-refractivity contribution is -0.129. The smallest absolute Gasteiger partial charge is 0.241 e. The molecule has 0 aromatic heterocycles. The van der Waals surface area contributed by atoms with E-state index in [0.717, 1.165) is 12.2 Å². The van der Waals surface area contributed by atoms with Crippen LogP contribution in [0, 0.1) is 5.82 Å². The molecule has 3 nitrogen and oxygen atoms in total. The Morgan fingerprint density at radius 3 is 2.80 bits per heavy atom. The van der Waals surface area contributed by atoms with Gasteiger partial charge in [0, 0.05) is 25.8 Å². The van der Waals surface area contributed by atoms with Gasteiger partial charge in [-0.05, 0) is 18.2 Å². The van der Waals surface area contributed by atoms with Crippen molar-refractivity contribution in [3.05, 3.63) is 30.1 Å². The Hall–Kier alpha value is -1.58. The van der Waals surface area contributed by atoms with E-state index in [-0.39, 0.29) is 11.7 Å². The van der Waals surface area contributed by atoms with Crippen LogP contribution in [0.5, 0.6) is 0 Å². The van der Waals surface area contributed by atoms with E-state index in [4.69, 9.17) is 0 Å². The monoisotopic (exact) mass is 208 g/mol. The molecular weight excluding hydrogens is 195 g/mol. The average Bonchev–Trinajstić information content (AvgIpc) is 2.22. The van der Waals surface area contributed by atoms with Crippen LogP contribution in [0.3, 0.4) is 0 Å². The quantitative estimate of drug-likeness (QED) is 0.690. The topological polar surface area (TPSA) is 23.6 Å². The van der Waals surface area contributed by atoms with E-state index < -0.39 is 0 Å². The van der Waals surface area contributed by atoms with Gasteiger partial charge in [-0.25, -0.2) is 4.39 Å². The molecule has 2 rings (SSSR count). The highest BCUT2D eigenvalue weighted by atomic mass is 19.1. The number of rotatable bonds is 1. The van der Waals surface area contributed by atoms with E-state index in [1.165, 1.54) is 12.1 Å². The molecular formula is C11H13FN2O. The molecule has 0 bridgehead atoms. The van der Waals surface area contributed by atoms with Gasteiger partial charge in [-0.15, -0.1) is 0 Å². The number of nitrogens with zero attached hydrogens (tertiary/aromatic N) is 2. The molecule has 1 aliphatic rings. The van der Waals surface area contributed by atoms with Crippen LogP contribution < -0.4 is 4.90 Å². The number of carbonyl (C=O) groups excluding carboxylic acids is 1. The number of piperazine rings is 1. The minimum Gasteiger partial charge on any atom is -0.360 e. The van der Waals surface area contributed by atoms with Crippen molar-refractivity contribution in [3.8, 4) is 0 Å². The minimum atomic E-state index is -0.265. The number of halogens is 1. The van der Waals surface area contributed by atoms with Gasteiger partial charge in [0.15, 0.2) is 0 Å². The molecule has 80 valence electrons. The molecule has 0 unspecified atom stereocenters. The van der Waals surface area contributed by atoms with Crippen molar-refractivity contribution in [1.29, 1.82) is 0 Å². The molecule has 1 saturated heterocycles. The molecule has 4 heteroatoms. The summed E-state index contributed by atoms with van der Waals surface area (Å²) in [5.41, 5.74) is 0.774. The molecule has 0 radical (unpaired) electrons. The molecule has 1 aliphatic heterocycles. The molecule has 1 heterocycles. The third-order valence-corrected chi connectivity index (χ3v) is 2.63. The normalized spacial score (nSPS) is 17.1. The number of anilines is 1. The molecule has 1 amide bonds. The molecule has 0 saturated carbocycles. The molecule has 1 fully saturated rings. The summed E-state index contributed by atoms with van der Waals surface area (Å²) in [6.07, 6.45) is 0. The lowest BCUT2D eigenvalue weighted by Crippen LogP contribution is -2.48. The van der Waals surface area contributed by atoms with Crippen molar-refractivity contribution >= 4 is 11.6 Å². The summed E-state index contributed by atoms with van der Waals surface area (Å²) >= 11 is 0. The first-order chi connectivity index (χ1) is 7.16. The predicted molar refractivity (Wildman–Crippen MR) is 56.3 cm³/mol. The zero-order valence-corrected chi connectivity index (χ0v) is 8.61. The van der Waals surface area contributed by atoms with Crippen LogP contribution in [0.2, 0.25) is 0 Å². The summed E-state index contributed by atoms with van der Waals surface area (Å²) < 4.78 is 13.0. The van der Waals surface area contributed by atoms with Crippen LogP contribution in [0.25, 0.3) is 0 Å². The Bertz CT molecular complexity index is 381. The third kappa shape index (κ3) is 2.09. The fraction of sp³-hybridized carbons (Fsp3) is 0.364. The second kappa shape index (κ2) is 3.88. The van der Waals surface area contributed by atoms with Gasteiger partial charge in [-0.2, -0.15) is 0 Å². The van der Waals surface area contributed by atoms with Gasteiger partial charge < -0.3 is 9.80 Å². The van der Waals surface area contributed by atoms with Crippen molar-refractivity contribution in [1.82, 2.24) is 4.90 Å². The Morgan fingerprint density at radius 2 is 2.13 bits per heavy atom. The molecule has 0 spiro atoms. The molecule has 1 aromatic carbocycles. The average molecular weight is 208 g/mol. The van der Waals surface area contributed by atoms with Gasteiger partial charge in [-0.3, -0.25) is 4.79 Å². The van der Waals surface area contributed by atoms with E-state index in [9.17, 15) is 9.18 Å². The molecule has 1 aromatic rings. The van der Waals surface area contributed by atoms with Crippen molar-refractivity contribution in [2.75, 3.05) is 31.6 Å². The summed E-state index contributed by atoms with van der Waals surface area (Å²) in [4.78, 5) is 15.0. The first kappa shape index (κ1) is 9.96. The Labute approximate surface area is 88.1 Å². The van der Waals surface area contributed by atoms with Crippen LogP contribution in [0.15, 0.2) is 24.3 Å². The second-order valence-corrected chi connectivity index (χ2v) is 3.72.